The Bertz CT molecular complexity index is 432. The minimum Gasteiger partial charge on any atom is -0.388 e. The van der Waals surface area contributed by atoms with Gasteiger partial charge in [0.25, 0.3) is 0 Å². The third-order valence-corrected chi connectivity index (χ3v) is 7.21. The molecule has 1 N–H and O–H groups in total. The van der Waals surface area contributed by atoms with E-state index in [2.05, 4.69) is 6.92 Å². The fraction of sp³-hybridized carbons (Fsp3) is 0.935. The van der Waals surface area contributed by atoms with Crippen LogP contribution in [0.5, 0.6) is 0 Å². The van der Waals surface area contributed by atoms with Crippen LogP contribution in [0.3, 0.4) is 0 Å². The summed E-state index contributed by atoms with van der Waals surface area (Å²) < 4.78 is 0. The summed E-state index contributed by atoms with van der Waals surface area (Å²) in [5, 5.41) is 8.63. The molecule has 0 aliphatic rings. The average molecular weight is 481 g/mol. The van der Waals surface area contributed by atoms with Crippen molar-refractivity contribution < 1.29 is 14.7 Å². The van der Waals surface area contributed by atoms with Crippen molar-refractivity contribution in [2.45, 2.75) is 180 Å². The summed E-state index contributed by atoms with van der Waals surface area (Å²) in [6, 6.07) is 0. The number of ketones is 2. The zero-order valence-electron chi connectivity index (χ0n) is 23.1. The van der Waals surface area contributed by atoms with Crippen molar-refractivity contribution >= 4 is 11.6 Å². The third kappa shape index (κ3) is 25.9. The Labute approximate surface area is 213 Å². The van der Waals surface area contributed by atoms with Gasteiger partial charge in [-0.05, 0) is 6.42 Å². The lowest BCUT2D eigenvalue weighted by molar-refractivity contribution is -0.138. The minimum atomic E-state index is -0.641. The van der Waals surface area contributed by atoms with E-state index in [1.807, 2.05) is 0 Å². The molecule has 0 saturated heterocycles. The van der Waals surface area contributed by atoms with E-state index in [9.17, 15) is 9.59 Å². The number of carbonyl (C=O) groups is 2. The molecule has 0 bridgehead atoms. The molecule has 0 unspecified atom stereocenters. The van der Waals surface area contributed by atoms with Crippen LogP contribution in [0.1, 0.15) is 180 Å². The van der Waals surface area contributed by atoms with Gasteiger partial charge in [0, 0.05) is 6.42 Å². The normalized spacial score (nSPS) is 11.2. The molecule has 0 spiro atoms. The second kappa shape index (κ2) is 28.5. The van der Waals surface area contributed by atoms with Gasteiger partial charge in [-0.3, -0.25) is 9.59 Å². The Balaban J connectivity index is 3.08. The van der Waals surface area contributed by atoms with Gasteiger partial charge in [-0.25, -0.2) is 0 Å². The number of Topliss-reactive ketones (excluding diaryl/α,β-unsaturated/α-hetero) is 2. The summed E-state index contributed by atoms with van der Waals surface area (Å²) >= 11 is 0. The molecule has 0 aliphatic heterocycles. The van der Waals surface area contributed by atoms with E-state index < -0.39 is 18.2 Å². The van der Waals surface area contributed by atoms with Crippen molar-refractivity contribution in [3.8, 4) is 0 Å². The molecule has 0 aromatic heterocycles. The number of aliphatic hydroxyl groups excluding tert-OH is 1. The van der Waals surface area contributed by atoms with Crippen molar-refractivity contribution in [1.29, 1.82) is 0 Å². The van der Waals surface area contributed by atoms with E-state index in [-0.39, 0.29) is 0 Å². The molecule has 0 aromatic rings. The first-order valence-electron chi connectivity index (χ1n) is 15.4. The SMILES string of the molecule is CCCCCCCCCCCCCCCCCCCCCCCCCCCCC(=O)C(=O)CO. The quantitative estimate of drug-likeness (QED) is 0.0856. The third-order valence-electron chi connectivity index (χ3n) is 7.21. The molecule has 0 aliphatic carbocycles. The van der Waals surface area contributed by atoms with Crippen molar-refractivity contribution in [1.82, 2.24) is 0 Å². The Hall–Kier alpha value is -0.700. The molecule has 0 radical (unpaired) electrons. The molecule has 0 atom stereocenters. The van der Waals surface area contributed by atoms with Crippen LogP contribution in [0.4, 0.5) is 0 Å². The number of aliphatic hydroxyl groups is 1. The van der Waals surface area contributed by atoms with Crippen LogP contribution < -0.4 is 0 Å². The standard InChI is InChI=1S/C31H60O3/c1-2-3-4-5-6-7-8-9-10-11-12-13-14-15-16-17-18-19-20-21-22-23-24-25-26-27-28-30(33)31(34)29-32/h32H,2-29H2,1H3. The van der Waals surface area contributed by atoms with Gasteiger partial charge in [-0.2, -0.15) is 0 Å². The van der Waals surface area contributed by atoms with Gasteiger partial charge in [0.15, 0.2) is 0 Å². The first-order chi connectivity index (χ1) is 16.7. The van der Waals surface area contributed by atoms with Gasteiger partial charge in [0.1, 0.15) is 6.61 Å². The van der Waals surface area contributed by atoms with Crippen molar-refractivity contribution in [2.75, 3.05) is 6.61 Å². The zero-order valence-corrected chi connectivity index (χ0v) is 23.1. The van der Waals surface area contributed by atoms with Crippen LogP contribution in [0, 0.1) is 0 Å². The van der Waals surface area contributed by atoms with Crippen molar-refractivity contribution in [2.24, 2.45) is 0 Å². The van der Waals surface area contributed by atoms with Crippen LogP contribution in [0.2, 0.25) is 0 Å². The van der Waals surface area contributed by atoms with E-state index >= 15 is 0 Å². The highest BCUT2D eigenvalue weighted by molar-refractivity contribution is 6.37. The minimum absolute atomic E-state index is 0.304. The maximum absolute atomic E-state index is 11.3. The lowest BCUT2D eigenvalue weighted by Gasteiger charge is -2.04. The average Bonchev–Trinajstić information content (AvgIpc) is 2.85. The van der Waals surface area contributed by atoms with Crippen molar-refractivity contribution in [3.05, 3.63) is 0 Å². The second-order valence-electron chi connectivity index (χ2n) is 10.6. The molecule has 0 heterocycles. The monoisotopic (exact) mass is 480 g/mol. The summed E-state index contributed by atoms with van der Waals surface area (Å²) in [5.41, 5.74) is 0. The molecular weight excluding hydrogens is 420 g/mol. The maximum atomic E-state index is 11.3. The molecule has 0 aromatic carbocycles. The Morgan fingerprint density at radius 2 is 0.618 bits per heavy atom. The smallest absolute Gasteiger partial charge is 0.223 e. The lowest BCUT2D eigenvalue weighted by atomic mass is 10.0. The van der Waals surface area contributed by atoms with E-state index in [0.29, 0.717) is 6.42 Å². The first kappa shape index (κ1) is 33.3. The second-order valence-corrected chi connectivity index (χ2v) is 10.6. The summed E-state index contributed by atoms with van der Waals surface area (Å²) in [5.74, 6) is -1.05. The van der Waals surface area contributed by atoms with E-state index in [1.165, 1.54) is 148 Å². The maximum Gasteiger partial charge on any atom is 0.223 e. The van der Waals surface area contributed by atoms with Gasteiger partial charge in [-0.15, -0.1) is 0 Å². The van der Waals surface area contributed by atoms with Gasteiger partial charge in [-0.1, -0.05) is 167 Å². The Morgan fingerprint density at radius 3 is 0.853 bits per heavy atom. The fourth-order valence-corrected chi connectivity index (χ4v) is 4.83. The van der Waals surface area contributed by atoms with Crippen LogP contribution in [-0.2, 0) is 9.59 Å². The topological polar surface area (TPSA) is 54.4 Å². The van der Waals surface area contributed by atoms with Crippen LogP contribution >= 0.6 is 0 Å². The molecule has 3 heteroatoms. The number of hydrogen-bond donors (Lipinski definition) is 1. The van der Waals surface area contributed by atoms with E-state index in [1.54, 1.807) is 0 Å². The summed E-state index contributed by atoms with van der Waals surface area (Å²) in [6.07, 6.45) is 35.8. The molecule has 34 heavy (non-hydrogen) atoms. The summed E-state index contributed by atoms with van der Waals surface area (Å²) in [7, 11) is 0. The lowest BCUT2D eigenvalue weighted by Crippen LogP contribution is -2.17. The highest BCUT2D eigenvalue weighted by Crippen LogP contribution is 2.16. The van der Waals surface area contributed by atoms with Crippen molar-refractivity contribution in [3.63, 3.8) is 0 Å². The summed E-state index contributed by atoms with van der Waals surface area (Å²) in [4.78, 5) is 22.3. The van der Waals surface area contributed by atoms with Gasteiger partial charge >= 0.3 is 0 Å². The predicted octanol–water partition coefficient (Wildman–Crippen LogP) is 9.67. The number of rotatable bonds is 29. The predicted molar refractivity (Wildman–Crippen MR) is 147 cm³/mol. The highest BCUT2D eigenvalue weighted by Gasteiger charge is 2.10. The van der Waals surface area contributed by atoms with Gasteiger partial charge < -0.3 is 5.11 Å². The number of hydrogen-bond acceptors (Lipinski definition) is 3. The first-order valence-corrected chi connectivity index (χ1v) is 15.4. The Kier molecular flexibility index (Phi) is 27.9. The van der Waals surface area contributed by atoms with Crippen LogP contribution in [0.25, 0.3) is 0 Å². The zero-order chi connectivity index (χ0) is 25.0. The summed E-state index contributed by atoms with van der Waals surface area (Å²) in [6.45, 7) is 1.65. The van der Waals surface area contributed by atoms with Crippen LogP contribution in [-0.4, -0.2) is 23.3 Å². The molecule has 0 rings (SSSR count). The number of carbonyl (C=O) groups excluding carboxylic acids is 2. The molecule has 0 saturated carbocycles. The number of unbranched alkanes of at least 4 members (excludes halogenated alkanes) is 25. The van der Waals surface area contributed by atoms with E-state index in [4.69, 9.17) is 5.11 Å². The molecule has 0 fully saturated rings. The molecule has 202 valence electrons. The molecule has 0 amide bonds. The molecular formula is C31H60O3. The van der Waals surface area contributed by atoms with Crippen LogP contribution in [0.15, 0.2) is 0 Å². The van der Waals surface area contributed by atoms with Gasteiger partial charge in [0.05, 0.1) is 0 Å². The largest absolute Gasteiger partial charge is 0.388 e. The molecule has 3 nitrogen and oxygen atoms in total. The highest BCUT2D eigenvalue weighted by atomic mass is 16.3. The van der Waals surface area contributed by atoms with E-state index in [0.717, 1.165) is 19.3 Å². The fourth-order valence-electron chi connectivity index (χ4n) is 4.83. The van der Waals surface area contributed by atoms with Gasteiger partial charge in [0.2, 0.25) is 11.6 Å². The Morgan fingerprint density at radius 1 is 0.382 bits per heavy atom.